The van der Waals surface area contributed by atoms with Gasteiger partial charge in [-0.2, -0.15) is 16.8 Å². The largest absolute Gasteiger partial charge is 0.508 e. The number of unbranched alkanes of at least 4 members (excludes halogenated alkanes) is 1. The quantitative estimate of drug-likeness (QED) is 0.0436. The van der Waals surface area contributed by atoms with Gasteiger partial charge in [-0.3, -0.25) is 25.1 Å². The molecule has 5 atom stereocenters. The van der Waals surface area contributed by atoms with Gasteiger partial charge < -0.3 is 13.5 Å². The zero-order valence-electron chi connectivity index (χ0n) is 48.8. The molecule has 0 saturated heterocycles. The minimum absolute atomic E-state index is 0.00595. The molecule has 0 aromatic heterocycles. The second-order valence-corrected chi connectivity index (χ2v) is 30.2. The van der Waals surface area contributed by atoms with E-state index >= 15 is 0 Å². The van der Waals surface area contributed by atoms with E-state index in [1.165, 1.54) is 36.4 Å². The summed E-state index contributed by atoms with van der Waals surface area (Å²) in [6, 6.07) is 40.8. The molecule has 0 radical (unpaired) electrons. The Morgan fingerprint density at radius 3 is 1.09 bits per heavy atom. The minimum Gasteiger partial charge on any atom is -0.508 e. The van der Waals surface area contributed by atoms with Crippen molar-refractivity contribution in [2.45, 2.75) is 162 Å². The molecule has 3 heterocycles. The molecule has 3 aliphatic rings. The Morgan fingerprint density at radius 1 is 0.435 bits per heavy atom. The Bertz CT molecular complexity index is 3830. The van der Waals surface area contributed by atoms with Crippen LogP contribution < -0.4 is 24.3 Å². The number of fused-ring (bicyclic) bond motifs is 3. The maximum absolute atomic E-state index is 13.4. The number of phenols is 1. The van der Waals surface area contributed by atoms with Crippen molar-refractivity contribution in [3.8, 4) is 17.2 Å². The summed E-state index contributed by atoms with van der Waals surface area (Å²) in [7, 11) is -20.6. The number of nitrogens with one attached hydrogen (secondary N) is 3. The molecule has 0 aliphatic carbocycles. The standard InChI is InChI=1S/C21H27NO6S2.C21H27NO3S.C20H25NO6S2/c1-3-5-13-21(4-2)15-29(23,24)19-14-17(28-30(25,26)27)11-12-18(19)20(22-21)16-9-7-6-8-10-16;1-3-12-21(13-4-2)15-26(24,25)19-14-17(23)10-11-18(19)20(22-21)16-8-6-5-7-9-16;1-3-12-20(4-2)14-28(22,23)18-13-16(27-29(24,25)26)10-11-17(18)19(21-20)15-8-6-5-7-9-15/h6-12,14,20,22H,3-5,13,15H2,1-2H3,(H,25,26,27);5-11,14,20,22-23H,3-4,12-13,15H2,1-2H3;5-11,13,19,21H,3-4,12,14H2,1-2H3,(H,24,25,26)/t20-,21-;;/m1../s1. The average molecular weight is 1270 g/mol. The van der Waals surface area contributed by atoms with Crippen molar-refractivity contribution in [1.82, 2.24) is 16.0 Å². The second-order valence-electron chi connectivity index (χ2n) is 22.3. The van der Waals surface area contributed by atoms with Gasteiger partial charge in [0.2, 0.25) is 0 Å². The van der Waals surface area contributed by atoms with E-state index in [1.54, 1.807) is 18.2 Å². The second kappa shape index (κ2) is 27.5. The highest BCUT2D eigenvalue weighted by atomic mass is 32.3. The van der Waals surface area contributed by atoms with Crippen molar-refractivity contribution in [3.05, 3.63) is 179 Å². The van der Waals surface area contributed by atoms with E-state index in [-0.39, 0.29) is 55.2 Å². The van der Waals surface area contributed by atoms with Gasteiger partial charge in [-0.15, -0.1) is 0 Å². The molecule has 6 aromatic rings. The summed E-state index contributed by atoms with van der Waals surface area (Å²) >= 11 is 0. The molecule has 6 N–H and O–H groups in total. The maximum atomic E-state index is 13.4. The number of hydrogen-bond donors (Lipinski definition) is 6. The SMILES string of the molecule is CCCC1(CC)CS(=O)(=O)c2cc(OS(=O)(=O)O)ccc2C(c2ccccc2)N1.CCCC1(CCC)CS(=O)(=O)c2cc(O)ccc2C(c2ccccc2)N1.CCCC[C@]1(CC)CS(=O)(=O)c2cc(OS(=O)(=O)O)ccc2[C@@H](c2ccccc2)N1. The number of rotatable bonds is 18. The fourth-order valence-electron chi connectivity index (χ4n) is 12.2. The van der Waals surface area contributed by atoms with Crippen molar-refractivity contribution >= 4 is 50.3 Å². The van der Waals surface area contributed by atoms with Crippen LogP contribution in [0.4, 0.5) is 0 Å². The normalized spacial score (nSPS) is 22.8. The van der Waals surface area contributed by atoms with Gasteiger partial charge in [0.05, 0.1) is 50.1 Å². The van der Waals surface area contributed by atoms with Crippen molar-refractivity contribution in [2.75, 3.05) is 17.3 Å². The predicted octanol–water partition coefficient (Wildman–Crippen LogP) is 11.2. The fourth-order valence-corrected chi connectivity index (χ4v) is 19.3. The van der Waals surface area contributed by atoms with E-state index in [0.717, 1.165) is 61.6 Å². The van der Waals surface area contributed by atoms with Gasteiger partial charge in [0.25, 0.3) is 0 Å². The zero-order chi connectivity index (χ0) is 62.1. The Balaban J connectivity index is 0.000000183. The van der Waals surface area contributed by atoms with Crippen LogP contribution >= 0.6 is 0 Å². The summed E-state index contributed by atoms with van der Waals surface area (Å²) in [4.78, 5) is 0.260. The molecule has 0 bridgehead atoms. The van der Waals surface area contributed by atoms with Crippen LogP contribution in [0.5, 0.6) is 17.2 Å². The van der Waals surface area contributed by atoms with E-state index in [1.807, 2.05) is 112 Å². The number of hydrogen-bond acceptors (Lipinski definition) is 16. The molecule has 0 spiro atoms. The lowest BCUT2D eigenvalue weighted by Crippen LogP contribution is -2.50. The number of benzene rings is 6. The van der Waals surface area contributed by atoms with Crippen LogP contribution in [0.25, 0.3) is 0 Å². The van der Waals surface area contributed by atoms with Crippen LogP contribution in [0.1, 0.15) is 164 Å². The lowest BCUT2D eigenvalue weighted by molar-refractivity contribution is 0.287. The van der Waals surface area contributed by atoms with Gasteiger partial charge in [-0.05, 0) is 96.2 Å². The average Bonchev–Trinajstić information content (AvgIpc) is 2.58. The molecule has 462 valence electrons. The molecule has 85 heavy (non-hydrogen) atoms. The summed E-state index contributed by atoms with van der Waals surface area (Å²) in [6.45, 7) is 12.2. The number of aromatic hydroxyl groups is 1. The topological polar surface area (TPSA) is 286 Å². The van der Waals surface area contributed by atoms with E-state index in [0.29, 0.717) is 42.4 Å². The molecule has 18 nitrogen and oxygen atoms in total. The number of sulfone groups is 3. The summed E-state index contributed by atoms with van der Waals surface area (Å²) in [6.07, 6.45) is 8.66. The predicted molar refractivity (Wildman–Crippen MR) is 329 cm³/mol. The Labute approximate surface area is 502 Å². The van der Waals surface area contributed by atoms with Crippen molar-refractivity contribution in [2.24, 2.45) is 0 Å². The molecular formula is C62H79N3O15S5. The Hall–Kier alpha value is -5.73. The van der Waals surface area contributed by atoms with Crippen molar-refractivity contribution < 1.29 is 64.7 Å². The van der Waals surface area contributed by atoms with Gasteiger partial charge in [-0.25, -0.2) is 25.3 Å². The first-order valence-corrected chi connectivity index (χ1v) is 36.4. The van der Waals surface area contributed by atoms with E-state index < -0.39 is 79.0 Å². The Kier molecular flexibility index (Phi) is 21.6. The zero-order valence-corrected chi connectivity index (χ0v) is 52.9. The van der Waals surface area contributed by atoms with Crippen molar-refractivity contribution in [1.29, 1.82) is 0 Å². The van der Waals surface area contributed by atoms with Crippen LogP contribution in [-0.2, 0) is 50.3 Å². The minimum atomic E-state index is -4.77. The first-order chi connectivity index (χ1) is 40.1. The van der Waals surface area contributed by atoms with Crippen molar-refractivity contribution in [3.63, 3.8) is 0 Å². The van der Waals surface area contributed by atoms with Gasteiger partial charge in [0, 0.05) is 28.7 Å². The third-order valence-electron chi connectivity index (χ3n) is 16.0. The summed E-state index contributed by atoms with van der Waals surface area (Å²) in [5.41, 5.74) is 2.88. The van der Waals surface area contributed by atoms with Crippen LogP contribution in [0.3, 0.4) is 0 Å². The van der Waals surface area contributed by atoms with Crippen LogP contribution in [-0.4, -0.2) is 90.2 Å². The lowest BCUT2D eigenvalue weighted by atomic mass is 9.87. The van der Waals surface area contributed by atoms with E-state index in [9.17, 15) is 47.2 Å². The summed E-state index contributed by atoms with van der Waals surface area (Å²) in [5.74, 6) is -0.678. The van der Waals surface area contributed by atoms with Crippen LogP contribution in [0.2, 0.25) is 0 Å². The molecule has 6 aromatic carbocycles. The summed E-state index contributed by atoms with van der Waals surface area (Å²) in [5, 5.41) is 20.8. The van der Waals surface area contributed by atoms with E-state index in [4.69, 9.17) is 9.11 Å². The molecule has 3 aliphatic heterocycles. The molecule has 0 amide bonds. The third kappa shape index (κ3) is 16.7. The third-order valence-corrected chi connectivity index (χ3v) is 22.7. The smallest absolute Gasteiger partial charge is 0.446 e. The summed E-state index contributed by atoms with van der Waals surface area (Å²) < 4.78 is 151. The highest BCUT2D eigenvalue weighted by molar-refractivity contribution is 7.92. The van der Waals surface area contributed by atoms with Crippen LogP contribution in [0, 0.1) is 0 Å². The fraction of sp³-hybridized carbons (Fsp3) is 0.419. The monoisotopic (exact) mass is 1270 g/mol. The molecule has 23 heteroatoms. The highest BCUT2D eigenvalue weighted by Gasteiger charge is 2.45. The number of phenolic OH excluding ortho intramolecular Hbond substituents is 1. The van der Waals surface area contributed by atoms with Gasteiger partial charge in [-0.1, -0.05) is 183 Å². The molecule has 0 fully saturated rings. The first kappa shape index (κ1) is 66.8. The van der Waals surface area contributed by atoms with Crippen LogP contribution in [0.15, 0.2) is 160 Å². The molecular weight excluding hydrogens is 1190 g/mol. The highest BCUT2D eigenvalue weighted by Crippen LogP contribution is 2.43. The first-order valence-electron chi connectivity index (χ1n) is 28.7. The Morgan fingerprint density at radius 2 is 0.753 bits per heavy atom. The molecule has 3 unspecified atom stereocenters. The van der Waals surface area contributed by atoms with Gasteiger partial charge >= 0.3 is 20.8 Å². The molecule has 9 rings (SSSR count). The maximum Gasteiger partial charge on any atom is 0.446 e. The van der Waals surface area contributed by atoms with Gasteiger partial charge in [0.1, 0.15) is 17.2 Å². The molecule has 0 saturated carbocycles. The lowest BCUT2D eigenvalue weighted by Gasteiger charge is -2.36. The van der Waals surface area contributed by atoms with E-state index in [2.05, 4.69) is 45.1 Å². The van der Waals surface area contributed by atoms with Gasteiger partial charge in [0.15, 0.2) is 29.5 Å².